The lowest BCUT2D eigenvalue weighted by Gasteiger charge is -2.33. The molecule has 0 saturated heterocycles. The van der Waals surface area contributed by atoms with Crippen LogP contribution in [0.1, 0.15) is 67.0 Å². The summed E-state index contributed by atoms with van der Waals surface area (Å²) in [7, 11) is -3.72. The van der Waals surface area contributed by atoms with Crippen LogP contribution < -0.4 is 9.62 Å². The molecule has 0 saturated carbocycles. The molecule has 1 amide bonds. The van der Waals surface area contributed by atoms with Crippen molar-refractivity contribution in [3.05, 3.63) is 101 Å². The Morgan fingerprint density at radius 2 is 1.43 bits per heavy atom. The number of hydrogen-bond donors (Lipinski definition) is 2. The first-order chi connectivity index (χ1) is 21.2. The number of aliphatic hydroxyl groups excluding tert-OH is 1. The summed E-state index contributed by atoms with van der Waals surface area (Å²) >= 11 is 0. The van der Waals surface area contributed by atoms with E-state index in [1.807, 2.05) is 6.07 Å². The number of sulfonamides is 1. The Morgan fingerprint density at radius 3 is 2.07 bits per heavy atom. The van der Waals surface area contributed by atoms with Gasteiger partial charge in [-0.3, -0.25) is 9.52 Å². The van der Waals surface area contributed by atoms with E-state index in [4.69, 9.17) is 9.97 Å². The van der Waals surface area contributed by atoms with E-state index < -0.39 is 22.0 Å². The fraction of sp³-hybridized carbons (Fsp3) is 0.343. The number of nitrogens with one attached hydrogen (secondary N) is 1. The van der Waals surface area contributed by atoms with Gasteiger partial charge in [0, 0.05) is 30.6 Å². The highest BCUT2D eigenvalue weighted by molar-refractivity contribution is 7.89. The van der Waals surface area contributed by atoms with Crippen LogP contribution in [0.25, 0.3) is 22.5 Å². The average molecular weight is 613 g/mol. The largest absolute Gasteiger partial charge is 0.387 e. The van der Waals surface area contributed by atoms with Gasteiger partial charge in [0.1, 0.15) is 11.8 Å². The van der Waals surface area contributed by atoms with Crippen LogP contribution in [0, 0.1) is 13.8 Å². The van der Waals surface area contributed by atoms with Gasteiger partial charge in [0.05, 0.1) is 17.1 Å². The minimum absolute atomic E-state index is 0.167. The van der Waals surface area contributed by atoms with Crippen molar-refractivity contribution in [1.29, 1.82) is 0 Å². The van der Waals surface area contributed by atoms with Crippen LogP contribution in [0.4, 0.5) is 5.82 Å². The Hall–Kier alpha value is -4.08. The Balaban J connectivity index is 1.21. The fourth-order valence-electron chi connectivity index (χ4n) is 5.46. The lowest BCUT2D eigenvalue weighted by Crippen LogP contribution is -2.34. The molecule has 8 nitrogen and oxygen atoms in total. The summed E-state index contributed by atoms with van der Waals surface area (Å²) in [4.78, 5) is 24.6. The predicted octanol–water partition coefficient (Wildman–Crippen LogP) is 6.27. The monoisotopic (exact) mass is 612 g/mol. The molecule has 0 aliphatic carbocycles. The van der Waals surface area contributed by atoms with Crippen molar-refractivity contribution < 1.29 is 18.3 Å². The van der Waals surface area contributed by atoms with E-state index in [-0.39, 0.29) is 12.2 Å². The number of amides is 1. The van der Waals surface area contributed by atoms with Crippen molar-refractivity contribution in [1.82, 2.24) is 14.7 Å². The number of aromatic nitrogens is 2. The van der Waals surface area contributed by atoms with E-state index in [2.05, 4.69) is 72.0 Å². The number of fused-ring (bicyclic) bond motifs is 1. The van der Waals surface area contributed by atoms with Gasteiger partial charge in [-0.05, 0) is 38.7 Å². The Labute approximate surface area is 260 Å². The average Bonchev–Trinajstić information content (AvgIpc) is 3.00. The van der Waals surface area contributed by atoms with E-state index in [9.17, 15) is 18.3 Å². The molecular weight excluding hydrogens is 572 g/mol. The molecule has 5 rings (SSSR count). The van der Waals surface area contributed by atoms with Gasteiger partial charge in [0.2, 0.25) is 15.9 Å². The van der Waals surface area contributed by atoms with Gasteiger partial charge in [-0.25, -0.2) is 18.4 Å². The van der Waals surface area contributed by atoms with Crippen LogP contribution in [-0.4, -0.2) is 42.5 Å². The summed E-state index contributed by atoms with van der Waals surface area (Å²) < 4.78 is 26.8. The van der Waals surface area contributed by atoms with Crippen LogP contribution in [0.2, 0.25) is 0 Å². The van der Waals surface area contributed by atoms with E-state index in [1.54, 1.807) is 24.3 Å². The van der Waals surface area contributed by atoms with Crippen LogP contribution in [0.5, 0.6) is 0 Å². The van der Waals surface area contributed by atoms with Gasteiger partial charge >= 0.3 is 0 Å². The number of hydrogen-bond acceptors (Lipinski definition) is 7. The number of carbonyl (C=O) groups is 1. The molecule has 4 aromatic rings. The number of carbonyl (C=O) groups excluding carboxylic acids is 1. The third-order valence-corrected chi connectivity index (χ3v) is 9.14. The maximum absolute atomic E-state index is 12.3. The molecule has 0 spiro atoms. The minimum atomic E-state index is -3.72. The highest BCUT2D eigenvalue weighted by Crippen LogP contribution is 2.38. The van der Waals surface area contributed by atoms with E-state index in [0.717, 1.165) is 59.7 Å². The molecule has 1 aromatic heterocycles. The molecule has 2 N–H and O–H groups in total. The molecule has 2 heterocycles. The number of anilines is 1. The van der Waals surface area contributed by atoms with Gasteiger partial charge in [0.15, 0.2) is 5.82 Å². The van der Waals surface area contributed by atoms with Gasteiger partial charge in [-0.1, -0.05) is 103 Å². The van der Waals surface area contributed by atoms with Gasteiger partial charge < -0.3 is 10.0 Å². The first-order valence-electron chi connectivity index (χ1n) is 15.2. The topological polar surface area (TPSA) is 112 Å². The zero-order chi connectivity index (χ0) is 31.1. The number of aryl methyl sites for hydroxylation is 2. The summed E-state index contributed by atoms with van der Waals surface area (Å²) in [6.45, 7) is 5.55. The van der Waals surface area contributed by atoms with Crippen molar-refractivity contribution >= 4 is 21.7 Å². The molecule has 9 heteroatoms. The molecule has 1 aliphatic rings. The SMILES string of the molecule is Cc1ccc(-c2nc3c(nc2-c2ccc(C)cc2)N(CCCCCCC(=O)NS(=O)(=O)Cc2ccccc2)CC[C@@H]3O)cc1. The van der Waals surface area contributed by atoms with Crippen LogP contribution in [0.15, 0.2) is 78.9 Å². The molecule has 230 valence electrons. The van der Waals surface area contributed by atoms with E-state index >= 15 is 0 Å². The lowest BCUT2D eigenvalue weighted by atomic mass is 10.00. The highest BCUT2D eigenvalue weighted by Gasteiger charge is 2.29. The Bertz CT molecular complexity index is 1670. The molecule has 0 fully saturated rings. The van der Waals surface area contributed by atoms with Gasteiger partial charge in [0.25, 0.3) is 0 Å². The van der Waals surface area contributed by atoms with Gasteiger partial charge in [-0.15, -0.1) is 0 Å². The fourth-order valence-corrected chi connectivity index (χ4v) is 6.61. The summed E-state index contributed by atoms with van der Waals surface area (Å²) in [5, 5.41) is 10.9. The third-order valence-electron chi connectivity index (χ3n) is 7.89. The lowest BCUT2D eigenvalue weighted by molar-refractivity contribution is -0.119. The molecule has 1 atom stereocenters. The number of aliphatic hydroxyl groups is 1. The van der Waals surface area contributed by atoms with Crippen LogP contribution >= 0.6 is 0 Å². The second kappa shape index (κ2) is 14.1. The van der Waals surface area contributed by atoms with Crippen LogP contribution in [-0.2, 0) is 20.6 Å². The molecule has 0 radical (unpaired) electrons. The maximum atomic E-state index is 12.3. The summed E-state index contributed by atoms with van der Waals surface area (Å²) in [6.07, 6.45) is 3.25. The summed E-state index contributed by atoms with van der Waals surface area (Å²) in [5.74, 6) is 0.0356. The van der Waals surface area contributed by atoms with Crippen molar-refractivity contribution in [2.24, 2.45) is 0 Å². The zero-order valence-corrected chi connectivity index (χ0v) is 26.2. The molecule has 0 bridgehead atoms. The number of unbranched alkanes of at least 4 members (excludes halogenated alkanes) is 3. The third kappa shape index (κ3) is 8.09. The smallest absolute Gasteiger partial charge is 0.239 e. The van der Waals surface area contributed by atoms with Crippen LogP contribution in [0.3, 0.4) is 0 Å². The Kier molecular flexibility index (Phi) is 10.1. The normalized spacial score (nSPS) is 14.7. The zero-order valence-electron chi connectivity index (χ0n) is 25.4. The second-order valence-corrected chi connectivity index (χ2v) is 13.3. The molecule has 3 aromatic carbocycles. The Morgan fingerprint density at radius 1 is 0.841 bits per heavy atom. The van der Waals surface area contributed by atoms with E-state index in [0.29, 0.717) is 30.6 Å². The number of nitrogens with zero attached hydrogens (tertiary/aromatic N) is 3. The second-order valence-electron chi connectivity index (χ2n) is 11.6. The first kappa shape index (κ1) is 31.3. The molecular formula is C35H40N4O4S. The summed E-state index contributed by atoms with van der Waals surface area (Å²) in [5.41, 5.74) is 7.07. The molecule has 44 heavy (non-hydrogen) atoms. The predicted molar refractivity (Wildman–Crippen MR) is 174 cm³/mol. The summed E-state index contributed by atoms with van der Waals surface area (Å²) in [6, 6.07) is 25.3. The van der Waals surface area contributed by atoms with Crippen molar-refractivity contribution in [2.75, 3.05) is 18.0 Å². The number of benzene rings is 3. The molecule has 1 aliphatic heterocycles. The highest BCUT2D eigenvalue weighted by atomic mass is 32.2. The van der Waals surface area contributed by atoms with E-state index in [1.165, 1.54) is 5.56 Å². The minimum Gasteiger partial charge on any atom is -0.387 e. The molecule has 0 unspecified atom stereocenters. The number of rotatable bonds is 12. The van der Waals surface area contributed by atoms with Crippen molar-refractivity contribution in [3.8, 4) is 22.5 Å². The maximum Gasteiger partial charge on any atom is 0.239 e. The first-order valence-corrected chi connectivity index (χ1v) is 16.9. The van der Waals surface area contributed by atoms with Crippen molar-refractivity contribution in [3.63, 3.8) is 0 Å². The van der Waals surface area contributed by atoms with Gasteiger partial charge in [-0.2, -0.15) is 0 Å². The quantitative estimate of drug-likeness (QED) is 0.181. The van der Waals surface area contributed by atoms with Crippen molar-refractivity contribution in [2.45, 2.75) is 64.2 Å². The standard InChI is InChI=1S/C35H40N4O4S/c1-25-13-17-28(18-14-25)32-33(29-19-15-26(2)16-20-29)37-35-34(36-32)30(40)21-23-39(35)22-9-4-3-8-12-31(41)38-44(42,43)24-27-10-6-5-7-11-27/h5-7,10-11,13-20,30,40H,3-4,8-9,12,21-24H2,1-2H3,(H,38,41)/t30-/m0/s1.